The summed E-state index contributed by atoms with van der Waals surface area (Å²) in [5.41, 5.74) is 6.08. The van der Waals surface area contributed by atoms with Crippen molar-refractivity contribution in [3.8, 4) is 22.6 Å². The predicted octanol–water partition coefficient (Wildman–Crippen LogP) is 2.90. The third kappa shape index (κ3) is 1.91. The Morgan fingerprint density at radius 1 is 1.17 bits per heavy atom. The second kappa shape index (κ2) is 4.76. The van der Waals surface area contributed by atoms with Crippen LogP contribution in [-0.2, 0) is 7.05 Å². The number of aromatic nitrogens is 7. The van der Waals surface area contributed by atoms with E-state index in [0.717, 1.165) is 44.7 Å². The summed E-state index contributed by atoms with van der Waals surface area (Å²) in [6.45, 7) is 0. The third-order valence-electron chi connectivity index (χ3n) is 4.06. The van der Waals surface area contributed by atoms with Gasteiger partial charge in [-0.1, -0.05) is 0 Å². The van der Waals surface area contributed by atoms with Crippen LogP contribution < -0.4 is 0 Å². The zero-order valence-corrected chi connectivity index (χ0v) is 12.9. The van der Waals surface area contributed by atoms with Crippen LogP contribution in [0.3, 0.4) is 0 Å². The fourth-order valence-electron chi connectivity index (χ4n) is 2.89. The Bertz CT molecular complexity index is 1150. The molecule has 0 unspecified atom stereocenters. The highest BCUT2D eigenvalue weighted by Crippen LogP contribution is 2.28. The molecule has 0 aromatic carbocycles. The summed E-state index contributed by atoms with van der Waals surface area (Å²) >= 11 is 0. The number of rotatable bonds is 2. The number of H-pyrrole nitrogens is 2. The average Bonchev–Trinajstić information content (AvgIpc) is 3.30. The predicted molar refractivity (Wildman–Crippen MR) is 91.2 cm³/mol. The van der Waals surface area contributed by atoms with Crippen LogP contribution in [0.2, 0.25) is 0 Å². The molecule has 0 saturated carbocycles. The van der Waals surface area contributed by atoms with E-state index in [2.05, 4.69) is 25.3 Å². The van der Waals surface area contributed by atoms with Gasteiger partial charge in [-0.3, -0.25) is 9.78 Å². The van der Waals surface area contributed by atoms with Gasteiger partial charge in [0.05, 0.1) is 23.1 Å². The third-order valence-corrected chi connectivity index (χ3v) is 4.06. The lowest BCUT2D eigenvalue weighted by Gasteiger charge is -1.98. The van der Waals surface area contributed by atoms with E-state index in [-0.39, 0.29) is 0 Å². The van der Waals surface area contributed by atoms with Crippen LogP contribution in [-0.4, -0.2) is 34.9 Å². The van der Waals surface area contributed by atoms with Gasteiger partial charge in [0.1, 0.15) is 16.9 Å². The molecule has 0 atom stereocenters. The van der Waals surface area contributed by atoms with E-state index in [4.69, 9.17) is 4.98 Å². The van der Waals surface area contributed by atoms with Crippen molar-refractivity contribution in [1.29, 1.82) is 0 Å². The number of hydrogen-bond donors (Lipinski definition) is 2. The van der Waals surface area contributed by atoms with E-state index in [9.17, 15) is 0 Å². The van der Waals surface area contributed by atoms with Gasteiger partial charge >= 0.3 is 0 Å². The smallest absolute Gasteiger partial charge is 0.137 e. The molecule has 7 heteroatoms. The summed E-state index contributed by atoms with van der Waals surface area (Å²) in [6, 6.07) is 9.93. The van der Waals surface area contributed by atoms with E-state index >= 15 is 0 Å². The molecule has 0 bridgehead atoms. The Hall–Kier alpha value is -3.48. The lowest BCUT2D eigenvalue weighted by Crippen LogP contribution is -1.86. The number of nitrogens with one attached hydrogen (secondary N) is 2. The standard InChI is InChI=1S/C17H13N7/c1-24-9-11(8-19-24)12-4-5-13-15(20-12)16(23-22-13)14-7-10-3-2-6-18-17(10)21-14/h2-9H,1H3,(H,18,21)(H,22,23). The van der Waals surface area contributed by atoms with Crippen molar-refractivity contribution in [3.05, 3.63) is 48.9 Å². The van der Waals surface area contributed by atoms with Gasteiger partial charge in [-0.25, -0.2) is 9.97 Å². The minimum atomic E-state index is 0.786. The SMILES string of the molecule is Cn1cc(-c2ccc3[nH]nc(-c4cc5cccnc5[nH]4)c3n2)cn1. The Balaban J connectivity index is 1.70. The average molecular weight is 315 g/mol. The van der Waals surface area contributed by atoms with Crippen molar-refractivity contribution in [1.82, 2.24) is 34.9 Å². The van der Waals surface area contributed by atoms with Crippen molar-refractivity contribution >= 4 is 22.1 Å². The molecule has 2 N–H and O–H groups in total. The van der Waals surface area contributed by atoms with E-state index in [1.54, 1.807) is 17.1 Å². The number of fused-ring (bicyclic) bond motifs is 2. The molecular formula is C17H13N7. The molecule has 0 aliphatic rings. The molecule has 7 nitrogen and oxygen atoms in total. The maximum atomic E-state index is 4.78. The summed E-state index contributed by atoms with van der Waals surface area (Å²) in [6.07, 6.45) is 5.52. The van der Waals surface area contributed by atoms with Crippen LogP contribution in [0.25, 0.3) is 44.7 Å². The summed E-state index contributed by atoms with van der Waals surface area (Å²) in [7, 11) is 1.89. The summed E-state index contributed by atoms with van der Waals surface area (Å²) in [4.78, 5) is 12.4. The van der Waals surface area contributed by atoms with Gasteiger partial charge in [0.15, 0.2) is 0 Å². The maximum Gasteiger partial charge on any atom is 0.137 e. The summed E-state index contributed by atoms with van der Waals surface area (Å²) in [5.74, 6) is 0. The molecule has 0 saturated heterocycles. The van der Waals surface area contributed by atoms with Crippen LogP contribution in [0.1, 0.15) is 0 Å². The number of hydrogen-bond acceptors (Lipinski definition) is 4. The Morgan fingerprint density at radius 3 is 2.96 bits per heavy atom. The van der Waals surface area contributed by atoms with Gasteiger partial charge in [-0.2, -0.15) is 10.2 Å². The molecule has 0 aliphatic heterocycles. The van der Waals surface area contributed by atoms with Crippen molar-refractivity contribution in [2.24, 2.45) is 7.05 Å². The number of aromatic amines is 2. The molecule has 24 heavy (non-hydrogen) atoms. The first-order chi connectivity index (χ1) is 11.8. The maximum absolute atomic E-state index is 4.78. The van der Waals surface area contributed by atoms with E-state index < -0.39 is 0 Å². The first-order valence-electron chi connectivity index (χ1n) is 7.56. The monoisotopic (exact) mass is 315 g/mol. The highest BCUT2D eigenvalue weighted by molar-refractivity contribution is 5.93. The van der Waals surface area contributed by atoms with Gasteiger partial charge in [0.2, 0.25) is 0 Å². The van der Waals surface area contributed by atoms with Crippen LogP contribution in [0.15, 0.2) is 48.9 Å². The molecule has 5 heterocycles. The lowest BCUT2D eigenvalue weighted by molar-refractivity contribution is 0.768. The molecule has 116 valence electrons. The quantitative estimate of drug-likeness (QED) is 0.524. The molecule has 0 radical (unpaired) electrons. The minimum Gasteiger partial charge on any atom is -0.338 e. The van der Waals surface area contributed by atoms with Crippen LogP contribution in [0, 0.1) is 0 Å². The minimum absolute atomic E-state index is 0.786. The zero-order valence-electron chi connectivity index (χ0n) is 12.9. The summed E-state index contributed by atoms with van der Waals surface area (Å²) in [5, 5.41) is 12.7. The molecule has 0 amide bonds. The number of aryl methyl sites for hydroxylation is 1. The van der Waals surface area contributed by atoms with E-state index in [1.165, 1.54) is 0 Å². The normalized spacial score (nSPS) is 11.5. The molecule has 0 spiro atoms. The van der Waals surface area contributed by atoms with Crippen LogP contribution >= 0.6 is 0 Å². The highest BCUT2D eigenvalue weighted by Gasteiger charge is 2.14. The molecule has 0 fully saturated rings. The zero-order chi connectivity index (χ0) is 16.1. The molecule has 5 aromatic heterocycles. The number of nitrogens with zero attached hydrogens (tertiary/aromatic N) is 5. The Kier molecular flexibility index (Phi) is 2.58. The number of pyridine rings is 2. The Morgan fingerprint density at radius 2 is 2.12 bits per heavy atom. The van der Waals surface area contributed by atoms with Crippen molar-refractivity contribution in [2.75, 3.05) is 0 Å². The molecule has 5 rings (SSSR count). The van der Waals surface area contributed by atoms with E-state index in [1.807, 2.05) is 43.6 Å². The second-order valence-electron chi connectivity index (χ2n) is 5.69. The van der Waals surface area contributed by atoms with Crippen molar-refractivity contribution in [2.45, 2.75) is 0 Å². The Labute approximate surface area is 136 Å². The van der Waals surface area contributed by atoms with Gasteiger partial charge in [-0.05, 0) is 30.3 Å². The van der Waals surface area contributed by atoms with Crippen molar-refractivity contribution in [3.63, 3.8) is 0 Å². The highest BCUT2D eigenvalue weighted by atomic mass is 15.2. The van der Waals surface area contributed by atoms with Gasteiger partial charge in [-0.15, -0.1) is 0 Å². The van der Waals surface area contributed by atoms with Gasteiger partial charge < -0.3 is 4.98 Å². The van der Waals surface area contributed by atoms with Crippen LogP contribution in [0.5, 0.6) is 0 Å². The van der Waals surface area contributed by atoms with Gasteiger partial charge in [0, 0.05) is 30.4 Å². The topological polar surface area (TPSA) is 88.1 Å². The van der Waals surface area contributed by atoms with E-state index in [0.29, 0.717) is 0 Å². The van der Waals surface area contributed by atoms with Gasteiger partial charge in [0.25, 0.3) is 0 Å². The van der Waals surface area contributed by atoms with Crippen LogP contribution in [0.4, 0.5) is 0 Å². The fraction of sp³-hybridized carbons (Fsp3) is 0.0588. The van der Waals surface area contributed by atoms with Crippen molar-refractivity contribution < 1.29 is 0 Å². The largest absolute Gasteiger partial charge is 0.338 e. The summed E-state index contributed by atoms with van der Waals surface area (Å²) < 4.78 is 1.76. The first-order valence-corrected chi connectivity index (χ1v) is 7.56. The molecule has 0 aliphatic carbocycles. The molecule has 5 aromatic rings. The second-order valence-corrected chi connectivity index (χ2v) is 5.69. The fourth-order valence-corrected chi connectivity index (χ4v) is 2.89. The first kappa shape index (κ1) is 13.0. The molecular weight excluding hydrogens is 302 g/mol. The lowest BCUT2D eigenvalue weighted by atomic mass is 10.2.